The molecule has 0 spiro atoms. The molecule has 0 amide bonds. The van der Waals surface area contributed by atoms with Crippen LogP contribution in [0.2, 0.25) is 10.0 Å². The van der Waals surface area contributed by atoms with Crippen molar-refractivity contribution in [1.82, 2.24) is 15.1 Å². The summed E-state index contributed by atoms with van der Waals surface area (Å²) >= 11 is 16.0. The second-order valence-corrected chi connectivity index (χ2v) is 6.11. The van der Waals surface area contributed by atoms with Crippen molar-refractivity contribution in [2.75, 3.05) is 7.05 Å². The van der Waals surface area contributed by atoms with Gasteiger partial charge >= 0.3 is 0 Å². The molecular formula is C14H16BrCl2N3. The Bertz CT molecular complexity index is 598. The Hall–Kier alpha value is -0.550. The SMILES string of the molecule is CCCn1ncc(Br)c1C(NC)c1cccc(Cl)c1Cl. The van der Waals surface area contributed by atoms with Gasteiger partial charge in [0.05, 0.1) is 32.5 Å². The van der Waals surface area contributed by atoms with Crippen LogP contribution >= 0.6 is 39.1 Å². The van der Waals surface area contributed by atoms with Crippen LogP contribution in [0.4, 0.5) is 0 Å². The lowest BCUT2D eigenvalue weighted by atomic mass is 10.0. The zero-order chi connectivity index (χ0) is 14.7. The van der Waals surface area contributed by atoms with Gasteiger partial charge in [-0.3, -0.25) is 4.68 Å². The van der Waals surface area contributed by atoms with Gasteiger partial charge in [-0.15, -0.1) is 0 Å². The van der Waals surface area contributed by atoms with Crippen molar-refractivity contribution in [3.8, 4) is 0 Å². The van der Waals surface area contributed by atoms with E-state index in [1.165, 1.54) is 0 Å². The summed E-state index contributed by atoms with van der Waals surface area (Å²) in [6.45, 7) is 2.98. The highest BCUT2D eigenvalue weighted by molar-refractivity contribution is 9.10. The first kappa shape index (κ1) is 15.8. The molecule has 1 aromatic carbocycles. The highest BCUT2D eigenvalue weighted by Gasteiger charge is 2.23. The zero-order valence-electron chi connectivity index (χ0n) is 11.3. The minimum atomic E-state index is -0.0652. The molecule has 1 atom stereocenters. The number of rotatable bonds is 5. The van der Waals surface area contributed by atoms with E-state index in [2.05, 4.69) is 33.3 Å². The zero-order valence-corrected chi connectivity index (χ0v) is 14.4. The Morgan fingerprint density at radius 2 is 2.15 bits per heavy atom. The molecule has 0 aliphatic carbocycles. The Morgan fingerprint density at radius 3 is 2.80 bits per heavy atom. The minimum absolute atomic E-state index is 0.0652. The molecule has 20 heavy (non-hydrogen) atoms. The number of nitrogens with one attached hydrogen (secondary N) is 1. The third-order valence-electron chi connectivity index (χ3n) is 3.12. The van der Waals surface area contributed by atoms with Crippen LogP contribution in [-0.2, 0) is 6.54 Å². The van der Waals surface area contributed by atoms with Gasteiger partial charge in [-0.05, 0) is 41.0 Å². The molecule has 0 bridgehead atoms. The summed E-state index contributed by atoms with van der Waals surface area (Å²) < 4.78 is 2.95. The van der Waals surface area contributed by atoms with Gasteiger partial charge in [-0.1, -0.05) is 42.3 Å². The molecule has 0 aliphatic heterocycles. The van der Waals surface area contributed by atoms with Gasteiger partial charge in [0.2, 0.25) is 0 Å². The largest absolute Gasteiger partial charge is 0.308 e. The molecule has 3 nitrogen and oxygen atoms in total. The maximum atomic E-state index is 6.35. The fraction of sp³-hybridized carbons (Fsp3) is 0.357. The van der Waals surface area contributed by atoms with E-state index in [0.29, 0.717) is 10.0 Å². The highest BCUT2D eigenvalue weighted by atomic mass is 79.9. The summed E-state index contributed by atoms with van der Waals surface area (Å²) in [4.78, 5) is 0. The van der Waals surface area contributed by atoms with Gasteiger partial charge in [0.15, 0.2) is 0 Å². The van der Waals surface area contributed by atoms with Crippen LogP contribution in [0.3, 0.4) is 0 Å². The van der Waals surface area contributed by atoms with Crippen LogP contribution in [0.5, 0.6) is 0 Å². The summed E-state index contributed by atoms with van der Waals surface area (Å²) in [5.74, 6) is 0. The van der Waals surface area contributed by atoms with E-state index >= 15 is 0 Å². The quantitative estimate of drug-likeness (QED) is 0.821. The standard InChI is InChI=1S/C14H16BrCl2N3/c1-3-7-20-14(10(15)8-19-20)13(18-2)9-5-4-6-11(16)12(9)17/h4-6,8,13,18H,3,7H2,1-2H3. The van der Waals surface area contributed by atoms with E-state index < -0.39 is 0 Å². The first-order valence-electron chi connectivity index (χ1n) is 6.42. The number of nitrogens with zero attached hydrogens (tertiary/aromatic N) is 2. The molecule has 0 radical (unpaired) electrons. The van der Waals surface area contributed by atoms with Gasteiger partial charge in [-0.2, -0.15) is 5.10 Å². The van der Waals surface area contributed by atoms with Crippen molar-refractivity contribution in [3.05, 3.63) is 50.2 Å². The second-order valence-electron chi connectivity index (χ2n) is 4.47. The number of aromatic nitrogens is 2. The first-order chi connectivity index (χ1) is 9.60. The van der Waals surface area contributed by atoms with E-state index in [-0.39, 0.29) is 6.04 Å². The highest BCUT2D eigenvalue weighted by Crippen LogP contribution is 2.35. The van der Waals surface area contributed by atoms with Gasteiger partial charge in [0, 0.05) is 6.54 Å². The smallest absolute Gasteiger partial charge is 0.0772 e. The molecular weight excluding hydrogens is 361 g/mol. The summed E-state index contributed by atoms with van der Waals surface area (Å²) in [5, 5.41) is 8.83. The van der Waals surface area contributed by atoms with Gasteiger partial charge in [0.1, 0.15) is 0 Å². The maximum Gasteiger partial charge on any atom is 0.0772 e. The lowest BCUT2D eigenvalue weighted by Gasteiger charge is -2.20. The van der Waals surface area contributed by atoms with Crippen LogP contribution in [0.1, 0.15) is 30.6 Å². The predicted octanol–water partition coefficient (Wildman–Crippen LogP) is 4.67. The van der Waals surface area contributed by atoms with Crippen molar-refractivity contribution in [1.29, 1.82) is 0 Å². The van der Waals surface area contributed by atoms with E-state index in [0.717, 1.165) is 28.7 Å². The van der Waals surface area contributed by atoms with Crippen LogP contribution in [0, 0.1) is 0 Å². The minimum Gasteiger partial charge on any atom is -0.308 e. The van der Waals surface area contributed by atoms with E-state index in [4.69, 9.17) is 23.2 Å². The van der Waals surface area contributed by atoms with Crippen LogP contribution in [-0.4, -0.2) is 16.8 Å². The second kappa shape index (κ2) is 6.94. The summed E-state index contributed by atoms with van der Waals surface area (Å²) in [7, 11) is 1.90. The summed E-state index contributed by atoms with van der Waals surface area (Å²) in [6, 6.07) is 5.61. The molecule has 2 aromatic rings. The predicted molar refractivity (Wildman–Crippen MR) is 87.6 cm³/mol. The van der Waals surface area contributed by atoms with Crippen molar-refractivity contribution < 1.29 is 0 Å². The Labute approximate surface area is 137 Å². The van der Waals surface area contributed by atoms with Crippen LogP contribution < -0.4 is 5.32 Å². The topological polar surface area (TPSA) is 29.9 Å². The van der Waals surface area contributed by atoms with E-state index in [1.54, 1.807) is 6.07 Å². The molecule has 108 valence electrons. The molecule has 0 aliphatic rings. The maximum absolute atomic E-state index is 6.35. The first-order valence-corrected chi connectivity index (χ1v) is 7.97. The summed E-state index contributed by atoms with van der Waals surface area (Å²) in [6.07, 6.45) is 2.83. The number of halogens is 3. The lowest BCUT2D eigenvalue weighted by Crippen LogP contribution is -2.22. The van der Waals surface area contributed by atoms with Crippen molar-refractivity contribution >= 4 is 39.1 Å². The Balaban J connectivity index is 2.52. The molecule has 6 heteroatoms. The van der Waals surface area contributed by atoms with Crippen LogP contribution in [0.15, 0.2) is 28.9 Å². The van der Waals surface area contributed by atoms with Gasteiger partial charge < -0.3 is 5.32 Å². The molecule has 1 aromatic heterocycles. The van der Waals surface area contributed by atoms with Crippen molar-refractivity contribution in [2.45, 2.75) is 25.9 Å². The lowest BCUT2D eigenvalue weighted by molar-refractivity contribution is 0.533. The number of hydrogen-bond donors (Lipinski definition) is 1. The van der Waals surface area contributed by atoms with Gasteiger partial charge in [-0.25, -0.2) is 0 Å². The third kappa shape index (κ3) is 3.03. The molecule has 1 unspecified atom stereocenters. The molecule has 1 N–H and O–H groups in total. The average Bonchev–Trinajstić information content (AvgIpc) is 2.78. The number of benzene rings is 1. The Morgan fingerprint density at radius 1 is 1.40 bits per heavy atom. The van der Waals surface area contributed by atoms with E-state index in [9.17, 15) is 0 Å². The molecule has 0 saturated carbocycles. The average molecular weight is 377 g/mol. The fourth-order valence-corrected chi connectivity index (χ4v) is 3.17. The monoisotopic (exact) mass is 375 g/mol. The molecule has 0 saturated heterocycles. The number of hydrogen-bond acceptors (Lipinski definition) is 2. The van der Waals surface area contributed by atoms with Crippen molar-refractivity contribution in [3.63, 3.8) is 0 Å². The normalized spacial score (nSPS) is 12.7. The van der Waals surface area contributed by atoms with Crippen LogP contribution in [0.25, 0.3) is 0 Å². The summed E-state index contributed by atoms with van der Waals surface area (Å²) in [5.41, 5.74) is 2.00. The molecule has 2 rings (SSSR count). The Kier molecular flexibility index (Phi) is 5.49. The van der Waals surface area contributed by atoms with Gasteiger partial charge in [0.25, 0.3) is 0 Å². The van der Waals surface area contributed by atoms with Crippen molar-refractivity contribution in [2.24, 2.45) is 0 Å². The molecule has 1 heterocycles. The van der Waals surface area contributed by atoms with E-state index in [1.807, 2.05) is 30.1 Å². The molecule has 0 fully saturated rings. The number of aryl methyl sites for hydroxylation is 1. The third-order valence-corrected chi connectivity index (χ3v) is 4.57. The fourth-order valence-electron chi connectivity index (χ4n) is 2.23.